The highest BCUT2D eigenvalue weighted by Crippen LogP contribution is 2.21. The number of rotatable bonds is 5. The molecule has 2 aromatic carbocycles. The number of nitro benzene ring substituents is 1. The van der Waals surface area contributed by atoms with Crippen LogP contribution in [0.3, 0.4) is 0 Å². The molecule has 0 saturated carbocycles. The first kappa shape index (κ1) is 15.7. The van der Waals surface area contributed by atoms with Gasteiger partial charge in [-0.3, -0.25) is 14.9 Å². The molecule has 6 nitrogen and oxygen atoms in total. The van der Waals surface area contributed by atoms with Gasteiger partial charge in [0.05, 0.1) is 17.2 Å². The topological polar surface area (TPSA) is 72.7 Å². The van der Waals surface area contributed by atoms with Crippen LogP contribution in [0.1, 0.15) is 15.9 Å². The Morgan fingerprint density at radius 3 is 2.64 bits per heavy atom. The minimum absolute atomic E-state index is 0.0507. The molecule has 0 heterocycles. The number of nitrogens with zero attached hydrogens (tertiary/aromatic N) is 2. The molecule has 114 valence electrons. The molecule has 0 saturated heterocycles. The van der Waals surface area contributed by atoms with Gasteiger partial charge < -0.3 is 9.64 Å². The summed E-state index contributed by atoms with van der Waals surface area (Å²) in [5.41, 5.74) is 1.81. The number of nitro groups is 1. The van der Waals surface area contributed by atoms with Crippen LogP contribution in [0.15, 0.2) is 48.5 Å². The second kappa shape index (κ2) is 6.82. The van der Waals surface area contributed by atoms with Crippen LogP contribution in [0.4, 0.5) is 11.4 Å². The number of hydrogen-bond donors (Lipinski definition) is 0. The number of carbonyl (C=O) groups excluding carboxylic acids is 1. The summed E-state index contributed by atoms with van der Waals surface area (Å²) in [4.78, 5) is 24.2. The number of carbonyl (C=O) groups is 1. The zero-order chi connectivity index (χ0) is 16.1. The lowest BCUT2D eigenvalue weighted by Gasteiger charge is -2.17. The molecule has 0 aliphatic heterocycles. The zero-order valence-electron chi connectivity index (χ0n) is 12.4. The third-order valence-corrected chi connectivity index (χ3v) is 3.22. The largest absolute Gasteiger partial charge is 0.380 e. The first-order valence-corrected chi connectivity index (χ1v) is 6.63. The number of benzene rings is 2. The molecule has 0 aliphatic rings. The molecule has 0 aromatic heterocycles. The smallest absolute Gasteiger partial charge is 0.271 e. The second-order valence-corrected chi connectivity index (χ2v) is 4.77. The molecule has 0 spiro atoms. The van der Waals surface area contributed by atoms with Crippen molar-refractivity contribution in [1.29, 1.82) is 0 Å². The highest BCUT2D eigenvalue weighted by Gasteiger charge is 2.16. The quantitative estimate of drug-likeness (QED) is 0.628. The molecule has 0 unspecified atom stereocenters. The third kappa shape index (κ3) is 3.48. The van der Waals surface area contributed by atoms with Crippen molar-refractivity contribution in [2.75, 3.05) is 19.1 Å². The highest BCUT2D eigenvalue weighted by molar-refractivity contribution is 6.05. The van der Waals surface area contributed by atoms with Crippen LogP contribution >= 0.6 is 0 Å². The van der Waals surface area contributed by atoms with Crippen LogP contribution in [0.2, 0.25) is 0 Å². The van der Waals surface area contributed by atoms with Crippen molar-refractivity contribution in [2.45, 2.75) is 6.61 Å². The standard InChI is InChI=1S/C16H16N2O4/c1-17(14-7-4-8-15(10-14)18(20)21)16(19)13-6-3-5-12(9-13)11-22-2/h3-10H,11H2,1-2H3. The van der Waals surface area contributed by atoms with Crippen LogP contribution in [0.5, 0.6) is 0 Å². The molecular weight excluding hydrogens is 284 g/mol. The van der Waals surface area contributed by atoms with Crippen LogP contribution in [-0.4, -0.2) is 25.0 Å². The average molecular weight is 300 g/mol. The fourth-order valence-corrected chi connectivity index (χ4v) is 2.09. The van der Waals surface area contributed by atoms with E-state index in [0.717, 1.165) is 5.56 Å². The molecule has 2 aromatic rings. The van der Waals surface area contributed by atoms with E-state index in [4.69, 9.17) is 4.74 Å². The second-order valence-electron chi connectivity index (χ2n) is 4.77. The molecule has 0 atom stereocenters. The summed E-state index contributed by atoms with van der Waals surface area (Å²) in [5, 5.41) is 10.8. The van der Waals surface area contributed by atoms with Gasteiger partial charge >= 0.3 is 0 Å². The summed E-state index contributed by atoms with van der Waals surface area (Å²) in [6.07, 6.45) is 0. The van der Waals surface area contributed by atoms with Gasteiger partial charge in [-0.2, -0.15) is 0 Å². The molecule has 1 amide bonds. The first-order chi connectivity index (χ1) is 10.5. The third-order valence-electron chi connectivity index (χ3n) is 3.22. The van der Waals surface area contributed by atoms with Gasteiger partial charge in [0.25, 0.3) is 11.6 Å². The Kier molecular flexibility index (Phi) is 4.85. The van der Waals surface area contributed by atoms with E-state index in [1.54, 1.807) is 44.5 Å². The molecule has 0 N–H and O–H groups in total. The summed E-state index contributed by atoms with van der Waals surface area (Å²) >= 11 is 0. The zero-order valence-corrected chi connectivity index (χ0v) is 12.4. The van der Waals surface area contributed by atoms with Gasteiger partial charge in [0.2, 0.25) is 0 Å². The van der Waals surface area contributed by atoms with Crippen molar-refractivity contribution in [2.24, 2.45) is 0 Å². The van der Waals surface area contributed by atoms with Gasteiger partial charge in [-0.05, 0) is 23.8 Å². The van der Waals surface area contributed by atoms with Crippen molar-refractivity contribution in [3.05, 3.63) is 69.8 Å². The summed E-state index contributed by atoms with van der Waals surface area (Å²) in [5.74, 6) is -0.238. The number of anilines is 1. The normalized spacial score (nSPS) is 10.3. The van der Waals surface area contributed by atoms with Crippen molar-refractivity contribution >= 4 is 17.3 Å². The first-order valence-electron chi connectivity index (χ1n) is 6.63. The van der Waals surface area contributed by atoms with Crippen molar-refractivity contribution in [1.82, 2.24) is 0 Å². The Labute approximate surface area is 128 Å². The van der Waals surface area contributed by atoms with E-state index in [0.29, 0.717) is 17.9 Å². The highest BCUT2D eigenvalue weighted by atomic mass is 16.6. The van der Waals surface area contributed by atoms with Crippen LogP contribution in [0.25, 0.3) is 0 Å². The molecule has 0 bridgehead atoms. The number of ether oxygens (including phenoxy) is 1. The Bertz CT molecular complexity index is 700. The molecule has 22 heavy (non-hydrogen) atoms. The number of non-ortho nitro benzene ring substituents is 1. The average Bonchev–Trinajstić information content (AvgIpc) is 2.54. The number of amides is 1. The maximum atomic E-state index is 12.5. The van der Waals surface area contributed by atoms with Crippen molar-refractivity contribution < 1.29 is 14.5 Å². The van der Waals surface area contributed by atoms with E-state index in [-0.39, 0.29) is 11.6 Å². The lowest BCUT2D eigenvalue weighted by Crippen LogP contribution is -2.26. The van der Waals surface area contributed by atoms with E-state index in [9.17, 15) is 14.9 Å². The van der Waals surface area contributed by atoms with Gasteiger partial charge in [0.1, 0.15) is 0 Å². The SMILES string of the molecule is COCc1cccc(C(=O)N(C)c2cccc([N+](=O)[O-])c2)c1. The predicted octanol–water partition coefficient (Wildman–Crippen LogP) is 3.02. The fourth-order valence-electron chi connectivity index (χ4n) is 2.09. The van der Waals surface area contributed by atoms with Crippen molar-refractivity contribution in [3.8, 4) is 0 Å². The Morgan fingerprint density at radius 1 is 1.23 bits per heavy atom. The molecule has 2 rings (SSSR count). The summed E-state index contributed by atoms with van der Waals surface area (Å²) < 4.78 is 5.05. The van der Waals surface area contributed by atoms with E-state index >= 15 is 0 Å². The molecule has 0 radical (unpaired) electrons. The monoisotopic (exact) mass is 300 g/mol. The van der Waals surface area contributed by atoms with Crippen molar-refractivity contribution in [3.63, 3.8) is 0 Å². The maximum Gasteiger partial charge on any atom is 0.271 e. The van der Waals surface area contributed by atoms with Gasteiger partial charge in [0, 0.05) is 31.9 Å². The summed E-state index contributed by atoms with van der Waals surface area (Å²) in [6, 6.07) is 13.1. The Morgan fingerprint density at radius 2 is 1.95 bits per heavy atom. The fraction of sp³-hybridized carbons (Fsp3) is 0.188. The van der Waals surface area contributed by atoms with E-state index in [1.807, 2.05) is 6.07 Å². The number of methoxy groups -OCH3 is 1. The lowest BCUT2D eigenvalue weighted by atomic mass is 10.1. The minimum Gasteiger partial charge on any atom is -0.380 e. The van der Waals surface area contributed by atoms with Crippen LogP contribution in [-0.2, 0) is 11.3 Å². The van der Waals surface area contributed by atoms with Crippen LogP contribution < -0.4 is 4.90 Å². The van der Waals surface area contributed by atoms with Gasteiger partial charge in [0.15, 0.2) is 0 Å². The van der Waals surface area contributed by atoms with Gasteiger partial charge in [-0.25, -0.2) is 0 Å². The van der Waals surface area contributed by atoms with Gasteiger partial charge in [-0.15, -0.1) is 0 Å². The van der Waals surface area contributed by atoms with E-state index < -0.39 is 4.92 Å². The van der Waals surface area contributed by atoms with Gasteiger partial charge in [-0.1, -0.05) is 18.2 Å². The molecule has 0 fully saturated rings. The minimum atomic E-state index is -0.485. The maximum absolute atomic E-state index is 12.5. The van der Waals surface area contributed by atoms with Crippen LogP contribution in [0, 0.1) is 10.1 Å². The number of hydrogen-bond acceptors (Lipinski definition) is 4. The Balaban J connectivity index is 2.27. The van der Waals surface area contributed by atoms with E-state index in [2.05, 4.69) is 0 Å². The summed E-state index contributed by atoms with van der Waals surface area (Å²) in [7, 11) is 3.17. The molecular formula is C16H16N2O4. The lowest BCUT2D eigenvalue weighted by molar-refractivity contribution is -0.384. The van der Waals surface area contributed by atoms with E-state index in [1.165, 1.54) is 17.0 Å². The summed E-state index contributed by atoms with van der Waals surface area (Å²) in [6.45, 7) is 0.418. The predicted molar refractivity (Wildman–Crippen MR) is 83.0 cm³/mol. The Hall–Kier alpha value is -2.73. The molecule has 6 heteroatoms. The molecule has 0 aliphatic carbocycles.